The standard InChI is InChI=1S/C22H38N4O2/c1-17(2)16-28-21-8-6-20(7-9-21)19(4)25-22(23-5)24-14-18(3)15-26-10-12-27-13-11-26/h6-9,17-19H,10-16H2,1-5H3,(H2,23,24,25). The summed E-state index contributed by atoms with van der Waals surface area (Å²) in [5.74, 6) is 2.83. The summed E-state index contributed by atoms with van der Waals surface area (Å²) in [4.78, 5) is 6.84. The first-order valence-electron chi connectivity index (χ1n) is 10.5. The SMILES string of the molecule is CN=C(NCC(C)CN1CCOCC1)NC(C)c1ccc(OCC(C)C)cc1. The van der Waals surface area contributed by atoms with Gasteiger partial charge in [-0.1, -0.05) is 32.9 Å². The molecule has 1 aliphatic rings. The molecule has 6 nitrogen and oxygen atoms in total. The monoisotopic (exact) mass is 390 g/mol. The minimum absolute atomic E-state index is 0.167. The Bertz CT molecular complexity index is 583. The van der Waals surface area contributed by atoms with E-state index in [0.717, 1.165) is 57.7 Å². The molecule has 0 spiro atoms. The molecule has 1 aromatic carbocycles. The van der Waals surface area contributed by atoms with Crippen LogP contribution in [0.25, 0.3) is 0 Å². The summed E-state index contributed by atoms with van der Waals surface area (Å²) in [5, 5.41) is 6.94. The Morgan fingerprint density at radius 3 is 2.43 bits per heavy atom. The average molecular weight is 391 g/mol. The largest absolute Gasteiger partial charge is 0.493 e. The van der Waals surface area contributed by atoms with Crippen LogP contribution in [0.15, 0.2) is 29.3 Å². The van der Waals surface area contributed by atoms with Crippen LogP contribution in [0, 0.1) is 11.8 Å². The van der Waals surface area contributed by atoms with Crippen LogP contribution < -0.4 is 15.4 Å². The Morgan fingerprint density at radius 1 is 1.14 bits per heavy atom. The molecule has 2 rings (SSSR count). The summed E-state index contributed by atoms with van der Waals surface area (Å²) >= 11 is 0. The van der Waals surface area contributed by atoms with Crippen LogP contribution in [-0.2, 0) is 4.74 Å². The van der Waals surface area contributed by atoms with E-state index in [4.69, 9.17) is 9.47 Å². The van der Waals surface area contributed by atoms with Crippen LogP contribution >= 0.6 is 0 Å². The Kier molecular flexibility index (Phi) is 9.58. The van der Waals surface area contributed by atoms with Gasteiger partial charge in [-0.2, -0.15) is 0 Å². The normalized spacial score (nSPS) is 18.0. The van der Waals surface area contributed by atoms with Crippen molar-refractivity contribution in [2.24, 2.45) is 16.8 Å². The predicted octanol–water partition coefficient (Wildman–Crippen LogP) is 2.92. The predicted molar refractivity (Wildman–Crippen MR) is 116 cm³/mol. The molecule has 1 aliphatic heterocycles. The summed E-state index contributed by atoms with van der Waals surface area (Å²) in [6.07, 6.45) is 0. The van der Waals surface area contributed by atoms with Crippen molar-refractivity contribution in [3.05, 3.63) is 29.8 Å². The lowest BCUT2D eigenvalue weighted by Gasteiger charge is -2.29. The molecule has 1 aromatic rings. The van der Waals surface area contributed by atoms with Gasteiger partial charge in [-0.25, -0.2) is 0 Å². The van der Waals surface area contributed by atoms with E-state index in [1.807, 2.05) is 19.2 Å². The zero-order valence-electron chi connectivity index (χ0n) is 18.2. The number of benzene rings is 1. The number of ether oxygens (including phenoxy) is 2. The number of aliphatic imine (C=N–C) groups is 1. The van der Waals surface area contributed by atoms with Gasteiger partial charge in [0, 0.05) is 33.2 Å². The van der Waals surface area contributed by atoms with Gasteiger partial charge in [0.05, 0.1) is 25.9 Å². The number of guanidine groups is 1. The minimum atomic E-state index is 0.167. The third-order valence-electron chi connectivity index (χ3n) is 4.83. The van der Waals surface area contributed by atoms with Crippen molar-refractivity contribution in [3.63, 3.8) is 0 Å². The lowest BCUT2D eigenvalue weighted by atomic mass is 10.1. The molecular weight excluding hydrogens is 352 g/mol. The minimum Gasteiger partial charge on any atom is -0.493 e. The quantitative estimate of drug-likeness (QED) is 0.502. The summed E-state index contributed by atoms with van der Waals surface area (Å²) in [7, 11) is 1.82. The maximum Gasteiger partial charge on any atom is 0.191 e. The number of nitrogens with zero attached hydrogens (tertiary/aromatic N) is 2. The van der Waals surface area contributed by atoms with Gasteiger partial charge in [-0.05, 0) is 36.5 Å². The smallest absolute Gasteiger partial charge is 0.191 e. The average Bonchev–Trinajstić information content (AvgIpc) is 2.70. The molecule has 0 amide bonds. The molecule has 2 atom stereocenters. The van der Waals surface area contributed by atoms with E-state index in [9.17, 15) is 0 Å². The number of nitrogens with one attached hydrogen (secondary N) is 2. The van der Waals surface area contributed by atoms with E-state index < -0.39 is 0 Å². The van der Waals surface area contributed by atoms with Crippen LogP contribution in [0.3, 0.4) is 0 Å². The molecule has 0 saturated carbocycles. The maximum absolute atomic E-state index is 5.76. The number of rotatable bonds is 9. The molecular formula is C22H38N4O2. The van der Waals surface area contributed by atoms with Gasteiger partial charge in [-0.15, -0.1) is 0 Å². The second kappa shape index (κ2) is 11.9. The molecule has 1 saturated heterocycles. The first-order valence-corrected chi connectivity index (χ1v) is 10.5. The lowest BCUT2D eigenvalue weighted by Crippen LogP contribution is -2.44. The van der Waals surface area contributed by atoms with Crippen LogP contribution in [0.5, 0.6) is 5.75 Å². The van der Waals surface area contributed by atoms with Crippen molar-refractivity contribution in [2.45, 2.75) is 33.7 Å². The summed E-state index contributed by atoms with van der Waals surface area (Å²) in [6, 6.07) is 8.47. The van der Waals surface area contributed by atoms with Gasteiger partial charge in [0.25, 0.3) is 0 Å². The first kappa shape index (κ1) is 22.5. The Morgan fingerprint density at radius 2 is 1.82 bits per heavy atom. The van der Waals surface area contributed by atoms with Crippen molar-refractivity contribution < 1.29 is 9.47 Å². The van der Waals surface area contributed by atoms with Gasteiger partial charge >= 0.3 is 0 Å². The third-order valence-corrected chi connectivity index (χ3v) is 4.83. The molecule has 0 bridgehead atoms. The van der Waals surface area contributed by atoms with Crippen molar-refractivity contribution in [1.29, 1.82) is 0 Å². The molecule has 0 aromatic heterocycles. The fourth-order valence-electron chi connectivity index (χ4n) is 3.16. The summed E-state index contributed by atoms with van der Waals surface area (Å²) in [6.45, 7) is 15.2. The highest BCUT2D eigenvalue weighted by molar-refractivity contribution is 5.80. The van der Waals surface area contributed by atoms with Gasteiger partial charge in [0.2, 0.25) is 0 Å². The van der Waals surface area contributed by atoms with E-state index in [1.54, 1.807) is 0 Å². The Labute approximate surface area is 170 Å². The van der Waals surface area contributed by atoms with Gasteiger partial charge < -0.3 is 20.1 Å². The molecule has 1 heterocycles. The van der Waals surface area contributed by atoms with E-state index in [1.165, 1.54) is 5.56 Å². The van der Waals surface area contributed by atoms with Crippen LogP contribution in [0.2, 0.25) is 0 Å². The fourth-order valence-corrected chi connectivity index (χ4v) is 3.16. The van der Waals surface area contributed by atoms with Crippen molar-refractivity contribution in [1.82, 2.24) is 15.5 Å². The van der Waals surface area contributed by atoms with Crippen molar-refractivity contribution >= 4 is 5.96 Å². The topological polar surface area (TPSA) is 58.1 Å². The van der Waals surface area contributed by atoms with Gasteiger partial charge in [-0.3, -0.25) is 9.89 Å². The van der Waals surface area contributed by atoms with E-state index in [-0.39, 0.29) is 6.04 Å². The maximum atomic E-state index is 5.76. The van der Waals surface area contributed by atoms with Gasteiger partial charge in [0.1, 0.15) is 5.75 Å². The van der Waals surface area contributed by atoms with Gasteiger partial charge in [0.15, 0.2) is 5.96 Å². The molecule has 0 aliphatic carbocycles. The third kappa shape index (κ3) is 8.07. The fraction of sp³-hybridized carbons (Fsp3) is 0.682. The number of hydrogen-bond donors (Lipinski definition) is 2. The van der Waals surface area contributed by atoms with E-state index in [2.05, 4.69) is 60.4 Å². The van der Waals surface area contributed by atoms with Crippen LogP contribution in [0.1, 0.15) is 39.3 Å². The van der Waals surface area contributed by atoms with Crippen LogP contribution in [-0.4, -0.2) is 63.9 Å². The molecule has 1 fully saturated rings. The van der Waals surface area contributed by atoms with Crippen molar-refractivity contribution in [2.75, 3.05) is 53.0 Å². The zero-order valence-corrected chi connectivity index (χ0v) is 18.2. The first-order chi connectivity index (χ1) is 13.5. The Hall–Kier alpha value is -1.79. The molecule has 0 radical (unpaired) electrons. The second-order valence-corrected chi connectivity index (χ2v) is 8.11. The summed E-state index contributed by atoms with van der Waals surface area (Å²) in [5.41, 5.74) is 1.21. The molecule has 2 unspecified atom stereocenters. The number of morpholine rings is 1. The van der Waals surface area contributed by atoms with Crippen LogP contribution in [0.4, 0.5) is 0 Å². The molecule has 158 valence electrons. The summed E-state index contributed by atoms with van der Waals surface area (Å²) < 4.78 is 11.2. The highest BCUT2D eigenvalue weighted by Gasteiger charge is 2.14. The molecule has 6 heteroatoms. The zero-order chi connectivity index (χ0) is 20.4. The van der Waals surface area contributed by atoms with E-state index in [0.29, 0.717) is 11.8 Å². The van der Waals surface area contributed by atoms with E-state index >= 15 is 0 Å². The molecule has 28 heavy (non-hydrogen) atoms. The second-order valence-electron chi connectivity index (χ2n) is 8.11. The highest BCUT2D eigenvalue weighted by Crippen LogP contribution is 2.18. The highest BCUT2D eigenvalue weighted by atomic mass is 16.5. The molecule has 2 N–H and O–H groups in total. The lowest BCUT2D eigenvalue weighted by molar-refractivity contribution is 0.0320. The number of hydrogen-bond acceptors (Lipinski definition) is 4. The Balaban J connectivity index is 1.76. The van der Waals surface area contributed by atoms with Crippen molar-refractivity contribution in [3.8, 4) is 5.75 Å².